The van der Waals surface area contributed by atoms with Gasteiger partial charge in [0.05, 0.1) is 33.3 Å². The van der Waals surface area contributed by atoms with Gasteiger partial charge in [0.2, 0.25) is 0 Å². The first-order valence-electron chi connectivity index (χ1n) is 11.4. The number of pyridine rings is 2. The monoisotopic (exact) mass is 432 g/mol. The molecule has 0 aliphatic carbocycles. The lowest BCUT2D eigenvalue weighted by molar-refractivity contribution is 0.00578. The van der Waals surface area contributed by atoms with Crippen LogP contribution in [0.4, 0.5) is 0 Å². The van der Waals surface area contributed by atoms with E-state index in [2.05, 4.69) is 88.4 Å². The van der Waals surface area contributed by atoms with Crippen LogP contribution in [0, 0.1) is 0 Å². The molecule has 5 heteroatoms. The van der Waals surface area contributed by atoms with Crippen molar-refractivity contribution in [2.45, 2.75) is 38.9 Å². The lowest BCUT2D eigenvalue weighted by Gasteiger charge is -2.32. The van der Waals surface area contributed by atoms with Gasteiger partial charge in [0.1, 0.15) is 0 Å². The summed E-state index contributed by atoms with van der Waals surface area (Å²) in [7, 11) is -0.510. The Bertz CT molecular complexity index is 1510. The quantitative estimate of drug-likeness (QED) is 0.198. The van der Waals surface area contributed by atoms with Crippen molar-refractivity contribution in [2.75, 3.05) is 0 Å². The van der Waals surface area contributed by atoms with Crippen LogP contribution in [0.1, 0.15) is 27.7 Å². The first-order chi connectivity index (χ1) is 15.8. The minimum absolute atomic E-state index is 0.415. The van der Waals surface area contributed by atoms with Crippen LogP contribution in [0.25, 0.3) is 43.8 Å². The lowest BCUT2D eigenvalue weighted by Crippen LogP contribution is -2.41. The maximum Gasteiger partial charge on any atom is 0.514 e. The average Bonchev–Trinajstić information content (AvgIpc) is 3.04. The molecule has 6 rings (SSSR count). The van der Waals surface area contributed by atoms with Crippen LogP contribution in [-0.4, -0.2) is 28.3 Å². The zero-order valence-corrected chi connectivity index (χ0v) is 19.3. The number of aromatic nitrogens is 2. The van der Waals surface area contributed by atoms with E-state index in [0.717, 1.165) is 38.3 Å². The highest BCUT2D eigenvalue weighted by Gasteiger charge is 2.52. The highest BCUT2D eigenvalue weighted by molar-refractivity contribution is 6.61. The van der Waals surface area contributed by atoms with Crippen molar-refractivity contribution in [1.29, 1.82) is 0 Å². The lowest BCUT2D eigenvalue weighted by atomic mass is 9.83. The van der Waals surface area contributed by atoms with Crippen LogP contribution in [-0.2, 0) is 9.31 Å². The van der Waals surface area contributed by atoms with Crippen molar-refractivity contribution in [1.82, 2.24) is 9.97 Å². The van der Waals surface area contributed by atoms with Crippen LogP contribution < -0.4 is 5.59 Å². The second-order valence-electron chi connectivity index (χ2n) is 9.73. The molecule has 0 N–H and O–H groups in total. The summed E-state index contributed by atoms with van der Waals surface area (Å²) in [6, 6.07) is 27.2. The van der Waals surface area contributed by atoms with Gasteiger partial charge in [0.25, 0.3) is 0 Å². The first-order valence-corrected chi connectivity index (χ1v) is 11.4. The van der Waals surface area contributed by atoms with Gasteiger partial charge >= 0.3 is 7.12 Å². The summed E-state index contributed by atoms with van der Waals surface area (Å²) in [5.41, 5.74) is 5.00. The Labute approximate surface area is 193 Å². The molecule has 0 atom stereocenters. The molecule has 0 unspecified atom stereocenters. The second-order valence-corrected chi connectivity index (χ2v) is 9.73. The van der Waals surface area contributed by atoms with Crippen molar-refractivity contribution < 1.29 is 9.31 Å². The van der Waals surface area contributed by atoms with E-state index in [1.165, 1.54) is 11.1 Å². The van der Waals surface area contributed by atoms with Gasteiger partial charge in [-0.1, -0.05) is 66.7 Å². The topological polar surface area (TPSA) is 44.2 Å². The predicted molar refractivity (Wildman–Crippen MR) is 136 cm³/mol. The highest BCUT2D eigenvalue weighted by atomic mass is 16.7. The van der Waals surface area contributed by atoms with Crippen molar-refractivity contribution >= 4 is 45.4 Å². The van der Waals surface area contributed by atoms with Gasteiger partial charge in [0, 0.05) is 21.7 Å². The van der Waals surface area contributed by atoms with Gasteiger partial charge < -0.3 is 9.31 Å². The molecule has 0 saturated carbocycles. The standard InChI is InChI=1S/C28H25BN2O2/c1-27(2)28(3,4)33-29(32-27)23-17-15-19-14-16-21-24(18-10-6-5-7-11-18)20-12-8-9-13-22(20)30-26(21)25(19)31-23/h5-17H,1-4H3. The van der Waals surface area contributed by atoms with Crippen LogP contribution in [0.3, 0.4) is 0 Å². The summed E-state index contributed by atoms with van der Waals surface area (Å²) in [6.07, 6.45) is 0. The third kappa shape index (κ3) is 3.15. The molecule has 5 aromatic rings. The molecular formula is C28H25BN2O2. The number of para-hydroxylation sites is 1. The maximum absolute atomic E-state index is 6.27. The van der Waals surface area contributed by atoms with Crippen LogP contribution in [0.15, 0.2) is 78.9 Å². The van der Waals surface area contributed by atoms with Crippen LogP contribution >= 0.6 is 0 Å². The fourth-order valence-corrected chi connectivity index (χ4v) is 4.56. The molecule has 162 valence electrons. The van der Waals surface area contributed by atoms with E-state index < -0.39 is 18.3 Å². The number of benzene rings is 3. The number of rotatable bonds is 2. The molecule has 1 fully saturated rings. The number of hydrogen-bond donors (Lipinski definition) is 0. The molecule has 0 bridgehead atoms. The molecule has 2 aromatic heterocycles. The average molecular weight is 432 g/mol. The number of hydrogen-bond acceptors (Lipinski definition) is 4. The molecule has 1 aliphatic rings. The minimum atomic E-state index is -0.510. The van der Waals surface area contributed by atoms with Crippen molar-refractivity contribution in [3.8, 4) is 11.1 Å². The molecule has 4 nitrogen and oxygen atoms in total. The van der Waals surface area contributed by atoms with Gasteiger partial charge in [-0.3, -0.25) is 4.98 Å². The van der Waals surface area contributed by atoms with Crippen LogP contribution in [0.5, 0.6) is 0 Å². The zero-order chi connectivity index (χ0) is 22.8. The Hall–Kier alpha value is -3.28. The summed E-state index contributed by atoms with van der Waals surface area (Å²) >= 11 is 0. The molecule has 0 amide bonds. The molecule has 3 heterocycles. The molecule has 1 saturated heterocycles. The first kappa shape index (κ1) is 20.3. The van der Waals surface area contributed by atoms with Crippen LogP contribution in [0.2, 0.25) is 0 Å². The van der Waals surface area contributed by atoms with Crippen molar-refractivity contribution in [2.24, 2.45) is 0 Å². The number of nitrogens with zero attached hydrogens (tertiary/aromatic N) is 2. The smallest absolute Gasteiger partial charge is 0.398 e. The summed E-state index contributed by atoms with van der Waals surface area (Å²) in [6.45, 7) is 8.24. The Morgan fingerprint density at radius 3 is 2.06 bits per heavy atom. The highest BCUT2D eigenvalue weighted by Crippen LogP contribution is 2.38. The van der Waals surface area contributed by atoms with E-state index in [-0.39, 0.29) is 0 Å². The molecule has 3 aromatic carbocycles. The van der Waals surface area contributed by atoms with E-state index in [1.807, 2.05) is 18.2 Å². The Kier molecular flexibility index (Phi) is 4.38. The van der Waals surface area contributed by atoms with Gasteiger partial charge in [0.15, 0.2) is 0 Å². The van der Waals surface area contributed by atoms with Gasteiger partial charge in [-0.05, 0) is 45.4 Å². The van der Waals surface area contributed by atoms with Crippen molar-refractivity contribution in [3.05, 3.63) is 78.9 Å². The summed E-state index contributed by atoms with van der Waals surface area (Å²) in [5.74, 6) is 0. The third-order valence-corrected chi connectivity index (χ3v) is 7.09. The van der Waals surface area contributed by atoms with Gasteiger partial charge in [-0.25, -0.2) is 4.98 Å². The summed E-state index contributed by atoms with van der Waals surface area (Å²) in [5, 5.41) is 3.27. The largest absolute Gasteiger partial charge is 0.514 e. The Morgan fingerprint density at radius 1 is 0.636 bits per heavy atom. The van der Waals surface area contributed by atoms with E-state index in [1.54, 1.807) is 0 Å². The minimum Gasteiger partial charge on any atom is -0.398 e. The summed E-state index contributed by atoms with van der Waals surface area (Å²) in [4.78, 5) is 10.1. The van der Waals surface area contributed by atoms with E-state index in [9.17, 15) is 0 Å². The maximum atomic E-state index is 6.27. The Balaban J connectivity index is 1.63. The molecule has 33 heavy (non-hydrogen) atoms. The SMILES string of the molecule is CC1(C)OB(c2ccc3ccc4c(-c5ccccc5)c5ccccc5nc4c3n2)OC1(C)C. The second kappa shape index (κ2) is 7.11. The Morgan fingerprint density at radius 2 is 1.30 bits per heavy atom. The molecule has 0 spiro atoms. The summed E-state index contributed by atoms with van der Waals surface area (Å²) < 4.78 is 12.5. The molecule has 1 aliphatic heterocycles. The van der Waals surface area contributed by atoms with E-state index in [0.29, 0.717) is 0 Å². The number of fused-ring (bicyclic) bond motifs is 4. The zero-order valence-electron chi connectivity index (χ0n) is 19.3. The fourth-order valence-electron chi connectivity index (χ4n) is 4.56. The van der Waals surface area contributed by atoms with Gasteiger partial charge in [-0.15, -0.1) is 0 Å². The van der Waals surface area contributed by atoms with E-state index >= 15 is 0 Å². The predicted octanol–water partition coefficient (Wildman–Crippen LogP) is 5.90. The van der Waals surface area contributed by atoms with Gasteiger partial charge in [-0.2, -0.15) is 0 Å². The molecule has 0 radical (unpaired) electrons. The molecular weight excluding hydrogens is 407 g/mol. The van der Waals surface area contributed by atoms with E-state index in [4.69, 9.17) is 19.3 Å². The normalized spacial score (nSPS) is 17.3. The third-order valence-electron chi connectivity index (χ3n) is 7.09. The fraction of sp³-hybridized carbons (Fsp3) is 0.214. The van der Waals surface area contributed by atoms with Crippen molar-refractivity contribution in [3.63, 3.8) is 0 Å².